The summed E-state index contributed by atoms with van der Waals surface area (Å²) in [6, 6.07) is 6.08. The fourth-order valence-corrected chi connectivity index (χ4v) is 2.15. The van der Waals surface area contributed by atoms with Crippen LogP contribution in [0.1, 0.15) is 28.2 Å². The van der Waals surface area contributed by atoms with Crippen molar-refractivity contribution in [3.63, 3.8) is 0 Å². The SMILES string of the molecule is NC(=O)c1nc(-c2ccc3c(c2)CCC3)no1. The van der Waals surface area contributed by atoms with Crippen molar-refractivity contribution in [2.75, 3.05) is 0 Å². The van der Waals surface area contributed by atoms with E-state index in [1.165, 1.54) is 17.5 Å². The maximum absolute atomic E-state index is 10.9. The van der Waals surface area contributed by atoms with Gasteiger partial charge in [-0.05, 0) is 36.5 Å². The highest BCUT2D eigenvalue weighted by Crippen LogP contribution is 2.26. The lowest BCUT2D eigenvalue weighted by Gasteiger charge is -2.00. The molecular formula is C12H11N3O2. The molecule has 1 amide bonds. The van der Waals surface area contributed by atoms with Crippen LogP contribution in [0.2, 0.25) is 0 Å². The van der Waals surface area contributed by atoms with Crippen LogP contribution in [0.4, 0.5) is 0 Å². The molecule has 2 N–H and O–H groups in total. The summed E-state index contributed by atoms with van der Waals surface area (Å²) in [5, 5.41) is 3.75. The van der Waals surface area contributed by atoms with Crippen LogP contribution in [0.3, 0.4) is 0 Å². The molecule has 1 aromatic carbocycles. The molecule has 1 aromatic heterocycles. The lowest BCUT2D eigenvalue weighted by molar-refractivity contribution is 0.0958. The molecule has 0 saturated carbocycles. The van der Waals surface area contributed by atoms with Gasteiger partial charge in [-0.3, -0.25) is 4.79 Å². The molecule has 1 aliphatic carbocycles. The van der Waals surface area contributed by atoms with E-state index in [0.29, 0.717) is 5.82 Å². The van der Waals surface area contributed by atoms with Crippen LogP contribution < -0.4 is 5.73 Å². The highest BCUT2D eigenvalue weighted by molar-refractivity contribution is 5.88. The third kappa shape index (κ3) is 1.69. The number of nitrogens with zero attached hydrogens (tertiary/aromatic N) is 2. The number of hydrogen-bond acceptors (Lipinski definition) is 4. The van der Waals surface area contributed by atoms with E-state index in [1.54, 1.807) is 0 Å². The number of aromatic nitrogens is 2. The first-order valence-electron chi connectivity index (χ1n) is 5.50. The zero-order chi connectivity index (χ0) is 11.8. The van der Waals surface area contributed by atoms with Crippen molar-refractivity contribution in [2.45, 2.75) is 19.3 Å². The van der Waals surface area contributed by atoms with Crippen molar-refractivity contribution >= 4 is 5.91 Å². The molecular weight excluding hydrogens is 218 g/mol. The Morgan fingerprint density at radius 1 is 1.29 bits per heavy atom. The quantitative estimate of drug-likeness (QED) is 0.842. The molecule has 86 valence electrons. The first-order valence-corrected chi connectivity index (χ1v) is 5.50. The van der Waals surface area contributed by atoms with Gasteiger partial charge >= 0.3 is 11.8 Å². The topological polar surface area (TPSA) is 82.0 Å². The summed E-state index contributed by atoms with van der Waals surface area (Å²) >= 11 is 0. The summed E-state index contributed by atoms with van der Waals surface area (Å²) in [6.45, 7) is 0. The number of benzene rings is 1. The van der Waals surface area contributed by atoms with Crippen LogP contribution in [-0.2, 0) is 12.8 Å². The number of amides is 1. The van der Waals surface area contributed by atoms with E-state index in [0.717, 1.165) is 18.4 Å². The molecule has 0 saturated heterocycles. The van der Waals surface area contributed by atoms with Gasteiger partial charge in [0.2, 0.25) is 5.82 Å². The van der Waals surface area contributed by atoms with Crippen LogP contribution in [-0.4, -0.2) is 16.0 Å². The Bertz CT molecular complexity index is 589. The summed E-state index contributed by atoms with van der Waals surface area (Å²) in [5.41, 5.74) is 8.63. The minimum Gasteiger partial charge on any atom is -0.361 e. The van der Waals surface area contributed by atoms with Gasteiger partial charge in [-0.1, -0.05) is 17.3 Å². The Morgan fingerprint density at radius 3 is 2.88 bits per heavy atom. The summed E-state index contributed by atoms with van der Waals surface area (Å²) in [7, 11) is 0. The number of aryl methyl sites for hydroxylation is 2. The fourth-order valence-electron chi connectivity index (χ4n) is 2.15. The molecule has 0 fully saturated rings. The maximum Gasteiger partial charge on any atom is 0.316 e. The number of rotatable bonds is 2. The van der Waals surface area contributed by atoms with Gasteiger partial charge in [-0.2, -0.15) is 4.98 Å². The van der Waals surface area contributed by atoms with Crippen LogP contribution >= 0.6 is 0 Å². The van der Waals surface area contributed by atoms with Gasteiger partial charge in [0.05, 0.1) is 0 Å². The molecule has 0 bridgehead atoms. The van der Waals surface area contributed by atoms with Gasteiger partial charge in [-0.15, -0.1) is 0 Å². The van der Waals surface area contributed by atoms with E-state index in [1.807, 2.05) is 6.07 Å². The first kappa shape index (κ1) is 10.0. The van der Waals surface area contributed by atoms with Crippen molar-refractivity contribution in [1.29, 1.82) is 0 Å². The Balaban J connectivity index is 2.00. The van der Waals surface area contributed by atoms with Gasteiger partial charge in [0.1, 0.15) is 0 Å². The monoisotopic (exact) mass is 229 g/mol. The number of nitrogens with two attached hydrogens (primary N) is 1. The Hall–Kier alpha value is -2.17. The Labute approximate surface area is 97.6 Å². The summed E-state index contributed by atoms with van der Waals surface area (Å²) in [4.78, 5) is 14.8. The van der Waals surface area contributed by atoms with Gasteiger partial charge in [-0.25, -0.2) is 0 Å². The van der Waals surface area contributed by atoms with Crippen LogP contribution in [0.5, 0.6) is 0 Å². The zero-order valence-electron chi connectivity index (χ0n) is 9.14. The van der Waals surface area contributed by atoms with E-state index in [9.17, 15) is 4.79 Å². The summed E-state index contributed by atoms with van der Waals surface area (Å²) in [6.07, 6.45) is 3.41. The van der Waals surface area contributed by atoms with Gasteiger partial charge in [0.25, 0.3) is 0 Å². The first-order chi connectivity index (χ1) is 8.24. The van der Waals surface area contributed by atoms with Gasteiger partial charge < -0.3 is 10.3 Å². The lowest BCUT2D eigenvalue weighted by Crippen LogP contribution is -2.10. The molecule has 5 heteroatoms. The second-order valence-corrected chi connectivity index (χ2v) is 4.12. The second-order valence-electron chi connectivity index (χ2n) is 4.12. The Kier molecular flexibility index (Phi) is 2.18. The number of hydrogen-bond donors (Lipinski definition) is 1. The van der Waals surface area contributed by atoms with Gasteiger partial charge in [0.15, 0.2) is 0 Å². The highest BCUT2D eigenvalue weighted by atomic mass is 16.5. The molecule has 5 nitrogen and oxygen atoms in total. The fraction of sp³-hybridized carbons (Fsp3) is 0.250. The average Bonchev–Trinajstić information content (AvgIpc) is 2.97. The molecule has 0 atom stereocenters. The van der Waals surface area contributed by atoms with Crippen molar-refractivity contribution in [2.24, 2.45) is 5.73 Å². The molecule has 2 aromatic rings. The maximum atomic E-state index is 10.9. The third-order valence-corrected chi connectivity index (χ3v) is 2.99. The van der Waals surface area contributed by atoms with Crippen LogP contribution in [0.25, 0.3) is 11.4 Å². The smallest absolute Gasteiger partial charge is 0.316 e. The number of carbonyl (C=O) groups excluding carboxylic acids is 1. The molecule has 1 aliphatic rings. The predicted molar refractivity (Wildman–Crippen MR) is 60.3 cm³/mol. The minimum atomic E-state index is -0.704. The standard InChI is InChI=1S/C12H11N3O2/c13-10(16)12-14-11(15-17-12)9-5-4-7-2-1-3-8(7)6-9/h4-6H,1-3H2,(H2,13,16). The zero-order valence-corrected chi connectivity index (χ0v) is 9.14. The number of fused-ring (bicyclic) bond motifs is 1. The molecule has 0 unspecified atom stereocenters. The van der Waals surface area contributed by atoms with Crippen molar-refractivity contribution in [3.05, 3.63) is 35.2 Å². The van der Waals surface area contributed by atoms with Gasteiger partial charge in [0, 0.05) is 5.56 Å². The lowest BCUT2D eigenvalue weighted by atomic mass is 10.1. The van der Waals surface area contributed by atoms with Crippen molar-refractivity contribution in [1.82, 2.24) is 10.1 Å². The largest absolute Gasteiger partial charge is 0.361 e. The van der Waals surface area contributed by atoms with E-state index >= 15 is 0 Å². The predicted octanol–water partition coefficient (Wildman–Crippen LogP) is 1.32. The summed E-state index contributed by atoms with van der Waals surface area (Å²) in [5.74, 6) is -0.445. The van der Waals surface area contributed by atoms with Crippen molar-refractivity contribution in [3.8, 4) is 11.4 Å². The van der Waals surface area contributed by atoms with E-state index in [-0.39, 0.29) is 5.89 Å². The van der Waals surface area contributed by atoms with E-state index in [2.05, 4.69) is 22.3 Å². The number of primary amides is 1. The van der Waals surface area contributed by atoms with Crippen molar-refractivity contribution < 1.29 is 9.32 Å². The highest BCUT2D eigenvalue weighted by Gasteiger charge is 2.16. The molecule has 0 aliphatic heterocycles. The normalized spacial score (nSPS) is 13.6. The van der Waals surface area contributed by atoms with Crippen LogP contribution in [0.15, 0.2) is 22.7 Å². The molecule has 3 rings (SSSR count). The van der Waals surface area contributed by atoms with E-state index in [4.69, 9.17) is 10.3 Å². The third-order valence-electron chi connectivity index (χ3n) is 2.99. The van der Waals surface area contributed by atoms with E-state index < -0.39 is 5.91 Å². The molecule has 0 radical (unpaired) electrons. The van der Waals surface area contributed by atoms with Crippen LogP contribution in [0, 0.1) is 0 Å². The molecule has 0 spiro atoms. The molecule has 17 heavy (non-hydrogen) atoms. The number of carbonyl (C=O) groups is 1. The minimum absolute atomic E-state index is 0.152. The second kappa shape index (κ2) is 3.69. The summed E-state index contributed by atoms with van der Waals surface area (Å²) < 4.78 is 4.76. The molecule has 1 heterocycles. The average molecular weight is 229 g/mol. The Morgan fingerprint density at radius 2 is 2.12 bits per heavy atom.